The quantitative estimate of drug-likeness (QED) is 0.352. The van der Waals surface area contributed by atoms with Crippen LogP contribution in [0.3, 0.4) is 0 Å². The Balaban J connectivity index is 2.93. The third-order valence-electron chi connectivity index (χ3n) is 2.59. The third kappa shape index (κ3) is 3.55. The van der Waals surface area contributed by atoms with Gasteiger partial charge in [0.2, 0.25) is 0 Å². The summed E-state index contributed by atoms with van der Waals surface area (Å²) in [6, 6.07) is 5.17. The molecule has 0 aliphatic carbocycles. The van der Waals surface area contributed by atoms with Crippen molar-refractivity contribution in [1.29, 1.82) is 0 Å². The smallest absolute Gasteiger partial charge is 0.170 e. The lowest BCUT2D eigenvalue weighted by Gasteiger charge is -2.16. The predicted octanol–water partition coefficient (Wildman–Crippen LogP) is 2.36. The molecule has 100 valence electrons. The molecule has 18 heavy (non-hydrogen) atoms. The van der Waals surface area contributed by atoms with Crippen molar-refractivity contribution in [2.45, 2.75) is 32.8 Å². The largest absolute Gasteiger partial charge is 0.493 e. The highest BCUT2D eigenvalue weighted by Gasteiger charge is 2.11. The second kappa shape index (κ2) is 6.74. The second-order valence-corrected chi connectivity index (χ2v) is 4.07. The fourth-order valence-electron chi connectivity index (χ4n) is 1.66. The average Bonchev–Trinajstić information content (AvgIpc) is 2.38. The number of amidine groups is 1. The number of methoxy groups -OCH3 is 1. The fraction of sp³-hybridized carbons (Fsp3) is 0.462. The Morgan fingerprint density at radius 3 is 2.72 bits per heavy atom. The maximum absolute atomic E-state index is 8.63. The van der Waals surface area contributed by atoms with Gasteiger partial charge in [0.05, 0.1) is 13.2 Å². The lowest BCUT2D eigenvalue weighted by atomic mass is 10.2. The van der Waals surface area contributed by atoms with Crippen LogP contribution in [0.1, 0.15) is 32.3 Å². The van der Waals surface area contributed by atoms with E-state index in [1.165, 1.54) is 0 Å². The lowest BCUT2D eigenvalue weighted by molar-refractivity contribution is 0.201. The van der Waals surface area contributed by atoms with Gasteiger partial charge in [-0.15, -0.1) is 0 Å². The fourth-order valence-corrected chi connectivity index (χ4v) is 1.66. The zero-order valence-corrected chi connectivity index (χ0v) is 11.0. The van der Waals surface area contributed by atoms with E-state index < -0.39 is 0 Å². The summed E-state index contributed by atoms with van der Waals surface area (Å²) < 4.78 is 11.0. The highest BCUT2D eigenvalue weighted by atomic mass is 16.5. The number of nitrogens with two attached hydrogens (primary N) is 1. The van der Waals surface area contributed by atoms with Gasteiger partial charge in [0.15, 0.2) is 17.3 Å². The maximum Gasteiger partial charge on any atom is 0.170 e. The molecule has 1 rings (SSSR count). The molecule has 5 heteroatoms. The number of benzene rings is 1. The van der Waals surface area contributed by atoms with Crippen molar-refractivity contribution < 1.29 is 14.7 Å². The van der Waals surface area contributed by atoms with E-state index in [1.807, 2.05) is 6.92 Å². The Kier molecular flexibility index (Phi) is 5.30. The molecule has 0 saturated heterocycles. The number of oxime groups is 1. The van der Waals surface area contributed by atoms with Crippen molar-refractivity contribution >= 4 is 5.84 Å². The van der Waals surface area contributed by atoms with Crippen molar-refractivity contribution in [2.75, 3.05) is 7.11 Å². The van der Waals surface area contributed by atoms with Crippen LogP contribution >= 0.6 is 0 Å². The van der Waals surface area contributed by atoms with Crippen LogP contribution in [-0.4, -0.2) is 24.3 Å². The molecule has 0 aliphatic rings. The van der Waals surface area contributed by atoms with Crippen molar-refractivity contribution in [3.63, 3.8) is 0 Å². The summed E-state index contributed by atoms with van der Waals surface area (Å²) in [5, 5.41) is 11.6. The van der Waals surface area contributed by atoms with Crippen LogP contribution in [0.25, 0.3) is 0 Å². The van der Waals surface area contributed by atoms with Gasteiger partial charge < -0.3 is 20.4 Å². The molecule has 1 unspecified atom stereocenters. The van der Waals surface area contributed by atoms with Crippen molar-refractivity contribution in [3.05, 3.63) is 23.8 Å². The molecule has 1 aromatic carbocycles. The number of ether oxygens (including phenoxy) is 2. The van der Waals surface area contributed by atoms with Gasteiger partial charge in [0.25, 0.3) is 0 Å². The minimum atomic E-state index is 0.0430. The summed E-state index contributed by atoms with van der Waals surface area (Å²) in [6.45, 7) is 4.12. The van der Waals surface area contributed by atoms with Crippen molar-refractivity contribution in [1.82, 2.24) is 0 Å². The lowest BCUT2D eigenvalue weighted by Crippen LogP contribution is -2.14. The number of nitrogens with zero attached hydrogens (tertiary/aromatic N) is 1. The standard InChI is InChI=1S/C13H20N2O3/c1-4-5-9(2)18-11-7-6-10(13(14)15-16)8-12(11)17-3/h6-9,16H,4-5H2,1-3H3,(H2,14,15). The minimum Gasteiger partial charge on any atom is -0.493 e. The van der Waals surface area contributed by atoms with Gasteiger partial charge in [-0.2, -0.15) is 0 Å². The van der Waals surface area contributed by atoms with E-state index in [2.05, 4.69) is 12.1 Å². The molecule has 0 saturated carbocycles. The Morgan fingerprint density at radius 1 is 1.44 bits per heavy atom. The first-order chi connectivity index (χ1) is 8.62. The zero-order valence-electron chi connectivity index (χ0n) is 11.0. The second-order valence-electron chi connectivity index (χ2n) is 4.07. The zero-order chi connectivity index (χ0) is 13.5. The van der Waals surface area contributed by atoms with Crippen LogP contribution in [0.4, 0.5) is 0 Å². The van der Waals surface area contributed by atoms with Crippen LogP contribution in [0.5, 0.6) is 11.5 Å². The van der Waals surface area contributed by atoms with Gasteiger partial charge in [0, 0.05) is 5.56 Å². The van der Waals surface area contributed by atoms with Gasteiger partial charge in [-0.25, -0.2) is 0 Å². The molecule has 0 aromatic heterocycles. The molecule has 0 spiro atoms. The van der Waals surface area contributed by atoms with Gasteiger partial charge in [-0.1, -0.05) is 18.5 Å². The predicted molar refractivity (Wildman–Crippen MR) is 70.5 cm³/mol. The number of hydrogen-bond donors (Lipinski definition) is 2. The molecule has 0 amide bonds. The summed E-state index contributed by atoms with van der Waals surface area (Å²) in [6.07, 6.45) is 2.16. The molecule has 0 aliphatic heterocycles. The van der Waals surface area contributed by atoms with Gasteiger partial charge >= 0.3 is 0 Å². The molecule has 0 fully saturated rings. The normalized spacial score (nSPS) is 13.2. The highest BCUT2D eigenvalue weighted by Crippen LogP contribution is 2.29. The van der Waals surface area contributed by atoms with E-state index in [4.69, 9.17) is 20.4 Å². The average molecular weight is 252 g/mol. The summed E-state index contributed by atoms with van der Waals surface area (Å²) in [7, 11) is 1.56. The Labute approximate surface area is 107 Å². The van der Waals surface area contributed by atoms with E-state index in [1.54, 1.807) is 25.3 Å². The molecule has 0 radical (unpaired) electrons. The number of rotatable bonds is 6. The van der Waals surface area contributed by atoms with Gasteiger partial charge in [0.1, 0.15) is 0 Å². The van der Waals surface area contributed by atoms with E-state index >= 15 is 0 Å². The Morgan fingerprint density at radius 2 is 2.17 bits per heavy atom. The Hall–Kier alpha value is -1.91. The maximum atomic E-state index is 8.63. The summed E-state index contributed by atoms with van der Waals surface area (Å²) in [5.74, 6) is 1.27. The van der Waals surface area contributed by atoms with Crippen LogP contribution in [-0.2, 0) is 0 Å². The minimum absolute atomic E-state index is 0.0430. The summed E-state index contributed by atoms with van der Waals surface area (Å²) in [4.78, 5) is 0. The molecular formula is C13H20N2O3. The summed E-state index contributed by atoms with van der Waals surface area (Å²) >= 11 is 0. The molecule has 3 N–H and O–H groups in total. The SMILES string of the molecule is CCCC(C)Oc1ccc(/C(N)=N/O)cc1OC. The molecule has 0 bridgehead atoms. The first kappa shape index (κ1) is 14.2. The molecule has 0 heterocycles. The van der Waals surface area contributed by atoms with E-state index in [0.717, 1.165) is 12.8 Å². The van der Waals surface area contributed by atoms with Crippen LogP contribution in [0.2, 0.25) is 0 Å². The van der Waals surface area contributed by atoms with E-state index in [0.29, 0.717) is 17.1 Å². The van der Waals surface area contributed by atoms with E-state index in [9.17, 15) is 0 Å². The van der Waals surface area contributed by atoms with E-state index in [-0.39, 0.29) is 11.9 Å². The van der Waals surface area contributed by atoms with Gasteiger partial charge in [-0.05, 0) is 31.5 Å². The third-order valence-corrected chi connectivity index (χ3v) is 2.59. The van der Waals surface area contributed by atoms with Crippen LogP contribution in [0, 0.1) is 0 Å². The van der Waals surface area contributed by atoms with Crippen molar-refractivity contribution in [2.24, 2.45) is 10.9 Å². The summed E-state index contributed by atoms with van der Waals surface area (Å²) in [5.41, 5.74) is 6.11. The topological polar surface area (TPSA) is 77.1 Å². The number of hydrogen-bond acceptors (Lipinski definition) is 4. The molecular weight excluding hydrogens is 232 g/mol. The molecule has 1 aromatic rings. The molecule has 1 atom stereocenters. The van der Waals surface area contributed by atoms with Crippen molar-refractivity contribution in [3.8, 4) is 11.5 Å². The first-order valence-electron chi connectivity index (χ1n) is 5.95. The molecule has 5 nitrogen and oxygen atoms in total. The van der Waals surface area contributed by atoms with Crippen LogP contribution in [0.15, 0.2) is 23.4 Å². The first-order valence-corrected chi connectivity index (χ1v) is 5.95. The Bertz CT molecular complexity index is 419. The monoisotopic (exact) mass is 252 g/mol. The van der Waals surface area contributed by atoms with Crippen LogP contribution < -0.4 is 15.2 Å². The highest BCUT2D eigenvalue weighted by molar-refractivity contribution is 5.97. The van der Waals surface area contributed by atoms with Gasteiger partial charge in [-0.3, -0.25) is 0 Å².